The molecular weight excluding hydrogens is 246 g/mol. The number of likely N-dealkylation sites (N-methyl/N-ethyl adjacent to an activating group) is 1. The van der Waals surface area contributed by atoms with Crippen molar-refractivity contribution in [2.75, 3.05) is 20.3 Å². The van der Waals surface area contributed by atoms with Gasteiger partial charge in [-0.25, -0.2) is 4.98 Å². The van der Waals surface area contributed by atoms with E-state index in [1.54, 1.807) is 18.6 Å². The van der Waals surface area contributed by atoms with E-state index >= 15 is 0 Å². The van der Waals surface area contributed by atoms with Crippen molar-refractivity contribution in [3.05, 3.63) is 24.5 Å². The molecule has 3 heterocycles. The van der Waals surface area contributed by atoms with Gasteiger partial charge in [-0.15, -0.1) is 0 Å². The number of rotatable bonds is 3. The van der Waals surface area contributed by atoms with Gasteiger partial charge in [0, 0.05) is 25.0 Å². The zero-order valence-electron chi connectivity index (χ0n) is 10.6. The van der Waals surface area contributed by atoms with E-state index in [1.807, 2.05) is 7.05 Å². The molecule has 2 aromatic heterocycles. The molecule has 2 atom stereocenters. The van der Waals surface area contributed by atoms with Gasteiger partial charge < -0.3 is 14.6 Å². The Hall–Kier alpha value is -1.86. The zero-order valence-corrected chi connectivity index (χ0v) is 10.6. The van der Waals surface area contributed by atoms with Crippen LogP contribution in [0.2, 0.25) is 0 Å². The average Bonchev–Trinajstić information content (AvgIpc) is 2.98. The Bertz CT molecular complexity index is 530. The molecule has 3 rings (SSSR count). The Kier molecular flexibility index (Phi) is 3.47. The van der Waals surface area contributed by atoms with E-state index in [0.29, 0.717) is 30.1 Å². The van der Waals surface area contributed by atoms with Crippen LogP contribution >= 0.6 is 0 Å². The second kappa shape index (κ2) is 5.41. The summed E-state index contributed by atoms with van der Waals surface area (Å²) in [7, 11) is 1.93. The predicted octanol–water partition coefficient (Wildman–Crippen LogP) is 0.618. The smallest absolute Gasteiger partial charge is 0.234 e. The number of hydrogen-bond acceptors (Lipinski definition) is 7. The van der Waals surface area contributed by atoms with Gasteiger partial charge >= 0.3 is 0 Å². The summed E-state index contributed by atoms with van der Waals surface area (Å²) in [6.45, 7) is 1.35. The minimum atomic E-state index is 0.0803. The molecule has 7 heteroatoms. The van der Waals surface area contributed by atoms with Gasteiger partial charge in [-0.1, -0.05) is 5.16 Å². The van der Waals surface area contributed by atoms with Crippen molar-refractivity contribution in [2.45, 2.75) is 18.4 Å². The summed E-state index contributed by atoms with van der Waals surface area (Å²) in [5, 5.41) is 7.22. The van der Waals surface area contributed by atoms with Crippen molar-refractivity contribution >= 4 is 0 Å². The van der Waals surface area contributed by atoms with E-state index in [9.17, 15) is 0 Å². The number of aromatic nitrogens is 4. The molecule has 1 N–H and O–H groups in total. The maximum absolute atomic E-state index is 5.49. The van der Waals surface area contributed by atoms with Gasteiger partial charge in [-0.2, -0.15) is 4.98 Å². The summed E-state index contributed by atoms with van der Waals surface area (Å²) in [6.07, 6.45) is 5.76. The number of nitrogens with zero attached hydrogens (tertiary/aromatic N) is 4. The fourth-order valence-electron chi connectivity index (χ4n) is 2.23. The third-order valence-corrected chi connectivity index (χ3v) is 3.28. The molecule has 1 aliphatic heterocycles. The SMILES string of the molecule is CNC1CCOCC1c1nc(-c2cnccn2)no1. The highest BCUT2D eigenvalue weighted by molar-refractivity contribution is 5.45. The van der Waals surface area contributed by atoms with Crippen LogP contribution in [-0.4, -0.2) is 46.4 Å². The van der Waals surface area contributed by atoms with E-state index in [0.717, 1.165) is 13.0 Å². The lowest BCUT2D eigenvalue weighted by atomic mass is 9.96. The first-order valence-electron chi connectivity index (χ1n) is 6.23. The molecule has 0 aliphatic carbocycles. The first-order chi connectivity index (χ1) is 9.38. The third-order valence-electron chi connectivity index (χ3n) is 3.28. The Labute approximate surface area is 110 Å². The number of hydrogen-bond donors (Lipinski definition) is 1. The van der Waals surface area contributed by atoms with Crippen LogP contribution in [0.5, 0.6) is 0 Å². The van der Waals surface area contributed by atoms with Crippen LogP contribution in [0, 0.1) is 0 Å². The van der Waals surface area contributed by atoms with Gasteiger partial charge in [0.1, 0.15) is 5.69 Å². The number of ether oxygens (including phenoxy) is 1. The molecule has 1 aliphatic rings. The third kappa shape index (κ3) is 2.47. The van der Waals surface area contributed by atoms with Crippen molar-refractivity contribution in [1.29, 1.82) is 0 Å². The summed E-state index contributed by atoms with van der Waals surface area (Å²) < 4.78 is 10.8. The van der Waals surface area contributed by atoms with Crippen molar-refractivity contribution in [1.82, 2.24) is 25.4 Å². The van der Waals surface area contributed by atoms with E-state index in [4.69, 9.17) is 9.26 Å². The molecule has 2 aromatic rings. The molecule has 0 spiro atoms. The first kappa shape index (κ1) is 12.2. The van der Waals surface area contributed by atoms with Gasteiger partial charge in [0.25, 0.3) is 0 Å². The van der Waals surface area contributed by atoms with Crippen LogP contribution in [-0.2, 0) is 4.74 Å². The van der Waals surface area contributed by atoms with E-state index in [-0.39, 0.29) is 5.92 Å². The minimum absolute atomic E-state index is 0.0803. The highest BCUT2D eigenvalue weighted by atomic mass is 16.5. The molecule has 19 heavy (non-hydrogen) atoms. The van der Waals surface area contributed by atoms with Gasteiger partial charge in [-0.3, -0.25) is 4.98 Å². The molecule has 0 saturated carbocycles. The number of nitrogens with one attached hydrogen (secondary N) is 1. The fraction of sp³-hybridized carbons (Fsp3) is 0.500. The molecule has 0 aromatic carbocycles. The van der Waals surface area contributed by atoms with E-state index in [2.05, 4.69) is 25.4 Å². The molecule has 100 valence electrons. The molecule has 1 fully saturated rings. The minimum Gasteiger partial charge on any atom is -0.381 e. The zero-order chi connectivity index (χ0) is 13.1. The maximum atomic E-state index is 5.49. The predicted molar refractivity (Wildman–Crippen MR) is 66.3 cm³/mol. The lowest BCUT2D eigenvalue weighted by Gasteiger charge is -2.28. The summed E-state index contributed by atoms with van der Waals surface area (Å²) in [5.74, 6) is 1.12. The molecule has 0 amide bonds. The summed E-state index contributed by atoms with van der Waals surface area (Å²) in [4.78, 5) is 12.5. The maximum Gasteiger partial charge on any atom is 0.234 e. The standard InChI is InChI=1S/C12H15N5O2/c1-13-9-2-5-18-7-8(9)12-16-11(17-19-12)10-6-14-3-4-15-10/h3-4,6,8-9,13H,2,5,7H2,1H3. The van der Waals surface area contributed by atoms with Crippen LogP contribution in [0.25, 0.3) is 11.5 Å². The Morgan fingerprint density at radius 1 is 1.37 bits per heavy atom. The second-order valence-corrected chi connectivity index (χ2v) is 4.41. The van der Waals surface area contributed by atoms with Crippen LogP contribution in [0.4, 0.5) is 0 Å². The lowest BCUT2D eigenvalue weighted by molar-refractivity contribution is 0.0516. The normalized spacial score (nSPS) is 23.4. The highest BCUT2D eigenvalue weighted by Crippen LogP contribution is 2.25. The summed E-state index contributed by atoms with van der Waals surface area (Å²) in [6, 6.07) is 0.295. The molecular formula is C12H15N5O2. The molecule has 0 radical (unpaired) electrons. The van der Waals surface area contributed by atoms with Crippen LogP contribution < -0.4 is 5.32 Å². The van der Waals surface area contributed by atoms with Crippen LogP contribution in [0.1, 0.15) is 18.2 Å². The van der Waals surface area contributed by atoms with Crippen molar-refractivity contribution in [3.8, 4) is 11.5 Å². The van der Waals surface area contributed by atoms with Crippen molar-refractivity contribution < 1.29 is 9.26 Å². The Balaban J connectivity index is 1.84. The fourth-order valence-corrected chi connectivity index (χ4v) is 2.23. The topological polar surface area (TPSA) is 86.0 Å². The summed E-state index contributed by atoms with van der Waals surface area (Å²) >= 11 is 0. The quantitative estimate of drug-likeness (QED) is 0.866. The van der Waals surface area contributed by atoms with Gasteiger partial charge in [0.15, 0.2) is 0 Å². The molecule has 0 bridgehead atoms. The van der Waals surface area contributed by atoms with Crippen molar-refractivity contribution in [2.24, 2.45) is 0 Å². The van der Waals surface area contributed by atoms with Crippen LogP contribution in [0.15, 0.2) is 23.1 Å². The Morgan fingerprint density at radius 2 is 2.32 bits per heavy atom. The molecule has 1 saturated heterocycles. The van der Waals surface area contributed by atoms with Crippen LogP contribution in [0.3, 0.4) is 0 Å². The van der Waals surface area contributed by atoms with E-state index in [1.165, 1.54) is 0 Å². The average molecular weight is 261 g/mol. The Morgan fingerprint density at radius 3 is 3.11 bits per heavy atom. The van der Waals surface area contributed by atoms with Gasteiger partial charge in [0.05, 0.1) is 18.7 Å². The second-order valence-electron chi connectivity index (χ2n) is 4.41. The van der Waals surface area contributed by atoms with Gasteiger partial charge in [-0.05, 0) is 13.5 Å². The van der Waals surface area contributed by atoms with E-state index < -0.39 is 0 Å². The van der Waals surface area contributed by atoms with Gasteiger partial charge in [0.2, 0.25) is 11.7 Å². The van der Waals surface area contributed by atoms with Crippen molar-refractivity contribution in [3.63, 3.8) is 0 Å². The lowest BCUT2D eigenvalue weighted by Crippen LogP contribution is -2.39. The molecule has 7 nitrogen and oxygen atoms in total. The first-order valence-corrected chi connectivity index (χ1v) is 6.23. The summed E-state index contributed by atoms with van der Waals surface area (Å²) in [5.41, 5.74) is 0.607. The largest absolute Gasteiger partial charge is 0.381 e. The monoisotopic (exact) mass is 261 g/mol. The molecule has 2 unspecified atom stereocenters. The highest BCUT2D eigenvalue weighted by Gasteiger charge is 2.30.